The van der Waals surface area contributed by atoms with Crippen molar-refractivity contribution in [1.29, 1.82) is 0 Å². The lowest BCUT2D eigenvalue weighted by Gasteiger charge is -2.09. The number of guanidine groups is 1. The summed E-state index contributed by atoms with van der Waals surface area (Å²) in [5.74, 6) is 1.08. The van der Waals surface area contributed by atoms with Gasteiger partial charge in [0.05, 0.1) is 5.69 Å². The smallest absolute Gasteiger partial charge is 0.209 e. The number of hydrogen-bond donors (Lipinski definition) is 5. The Balaban J connectivity index is 1.84. The normalized spacial score (nSPS) is 11.1. The van der Waals surface area contributed by atoms with Crippen molar-refractivity contribution >= 4 is 23.3 Å². The molecule has 1 aromatic carbocycles. The second-order valence-corrected chi connectivity index (χ2v) is 3.54. The molecule has 2 aromatic rings. The van der Waals surface area contributed by atoms with Crippen LogP contribution < -0.4 is 27.9 Å². The van der Waals surface area contributed by atoms with Crippen LogP contribution >= 0.6 is 0 Å². The highest BCUT2D eigenvalue weighted by Gasteiger charge is 1.95. The topological polar surface area (TPSA) is 126 Å². The monoisotopic (exact) mass is 258 g/mol. The van der Waals surface area contributed by atoms with Gasteiger partial charge in [-0.1, -0.05) is 18.2 Å². The van der Waals surface area contributed by atoms with Crippen molar-refractivity contribution in [3.8, 4) is 0 Å². The molecule has 0 aliphatic carbocycles. The third-order valence-electron chi connectivity index (χ3n) is 2.08. The molecule has 7 N–H and O–H groups in total. The second kappa shape index (κ2) is 6.17. The molecule has 0 saturated carbocycles. The molecule has 0 radical (unpaired) electrons. The van der Waals surface area contributed by atoms with Crippen molar-refractivity contribution in [3.05, 3.63) is 42.7 Å². The molecule has 8 nitrogen and oxygen atoms in total. The standard InChI is InChI=1S/C11H14N8/c12-9-6-10(15-7-14-9)17-19-18-11(13)16-8-4-2-1-3-5-8/h1-7,19H,(H3,13,16,18)(H3,12,14,15,17). The van der Waals surface area contributed by atoms with E-state index < -0.39 is 0 Å². The molecule has 0 atom stereocenters. The average molecular weight is 258 g/mol. The molecule has 0 unspecified atom stereocenters. The van der Waals surface area contributed by atoms with Gasteiger partial charge in [0.2, 0.25) is 5.96 Å². The van der Waals surface area contributed by atoms with Gasteiger partial charge >= 0.3 is 0 Å². The number of nitrogens with zero attached hydrogens (tertiary/aromatic N) is 3. The van der Waals surface area contributed by atoms with E-state index in [4.69, 9.17) is 11.5 Å². The average Bonchev–Trinajstić information content (AvgIpc) is 2.40. The lowest BCUT2D eigenvalue weighted by molar-refractivity contribution is 0.742. The fourth-order valence-corrected chi connectivity index (χ4v) is 1.27. The van der Waals surface area contributed by atoms with Gasteiger partial charge < -0.3 is 11.5 Å². The number of hydrogen-bond acceptors (Lipinski definition) is 6. The van der Waals surface area contributed by atoms with Gasteiger partial charge in [0.15, 0.2) is 0 Å². The summed E-state index contributed by atoms with van der Waals surface area (Å²) in [6, 6.07) is 10.9. The molecule has 0 bridgehead atoms. The van der Waals surface area contributed by atoms with Crippen LogP contribution in [0.25, 0.3) is 0 Å². The minimum absolute atomic E-state index is 0.209. The van der Waals surface area contributed by atoms with Gasteiger partial charge in [0.1, 0.15) is 18.0 Å². The number of hydrazine groups is 2. The first-order chi connectivity index (χ1) is 9.24. The number of benzene rings is 1. The molecule has 0 saturated heterocycles. The molecule has 0 aliphatic rings. The van der Waals surface area contributed by atoms with E-state index in [0.717, 1.165) is 5.69 Å². The molecule has 1 heterocycles. The number of rotatable bonds is 4. The zero-order valence-electron chi connectivity index (χ0n) is 10.0. The van der Waals surface area contributed by atoms with Crippen molar-refractivity contribution < 1.29 is 0 Å². The maximum Gasteiger partial charge on any atom is 0.209 e. The predicted octanol–water partition coefficient (Wildman–Crippen LogP) is 0.126. The van der Waals surface area contributed by atoms with E-state index in [1.807, 2.05) is 30.3 Å². The van der Waals surface area contributed by atoms with E-state index in [1.54, 1.807) is 6.07 Å². The van der Waals surface area contributed by atoms with E-state index in [-0.39, 0.29) is 5.96 Å². The Labute approximate surface area is 109 Å². The number of aliphatic imine (C=N–C) groups is 1. The Morgan fingerprint density at radius 3 is 2.68 bits per heavy atom. The van der Waals surface area contributed by atoms with Gasteiger partial charge in [-0.3, -0.25) is 10.9 Å². The summed E-state index contributed by atoms with van der Waals surface area (Å²) >= 11 is 0. The first-order valence-corrected chi connectivity index (χ1v) is 5.48. The number of nitrogens with two attached hydrogens (primary N) is 2. The van der Waals surface area contributed by atoms with Crippen molar-refractivity contribution in [1.82, 2.24) is 20.9 Å². The maximum absolute atomic E-state index is 5.68. The van der Waals surface area contributed by atoms with E-state index >= 15 is 0 Å². The van der Waals surface area contributed by atoms with Gasteiger partial charge in [-0.15, -0.1) is 5.53 Å². The highest BCUT2D eigenvalue weighted by Crippen LogP contribution is 2.08. The summed E-state index contributed by atoms with van der Waals surface area (Å²) in [4.78, 5) is 11.8. The van der Waals surface area contributed by atoms with Crippen LogP contribution in [0, 0.1) is 0 Å². The highest BCUT2D eigenvalue weighted by atomic mass is 15.6. The number of aromatic nitrogens is 2. The van der Waals surface area contributed by atoms with Crippen molar-refractivity contribution in [3.63, 3.8) is 0 Å². The Hall–Kier alpha value is -2.87. The van der Waals surface area contributed by atoms with Crippen LogP contribution in [0.2, 0.25) is 0 Å². The van der Waals surface area contributed by atoms with Crippen molar-refractivity contribution in [2.75, 3.05) is 11.2 Å². The maximum atomic E-state index is 5.68. The molecule has 0 amide bonds. The Morgan fingerprint density at radius 1 is 1.16 bits per heavy atom. The number of para-hydroxylation sites is 1. The van der Waals surface area contributed by atoms with Gasteiger partial charge in [-0.2, -0.15) is 0 Å². The third kappa shape index (κ3) is 4.13. The molecule has 19 heavy (non-hydrogen) atoms. The third-order valence-corrected chi connectivity index (χ3v) is 2.08. The molecule has 0 aliphatic heterocycles. The molecule has 98 valence electrons. The summed E-state index contributed by atoms with van der Waals surface area (Å²) in [7, 11) is 0. The molecular formula is C11H14N8. The Morgan fingerprint density at radius 2 is 1.95 bits per heavy atom. The van der Waals surface area contributed by atoms with Gasteiger partial charge in [0.25, 0.3) is 0 Å². The van der Waals surface area contributed by atoms with Crippen LogP contribution in [0.5, 0.6) is 0 Å². The molecule has 0 fully saturated rings. The van der Waals surface area contributed by atoms with Crippen LogP contribution in [0.4, 0.5) is 17.3 Å². The lowest BCUT2D eigenvalue weighted by Crippen LogP contribution is -2.45. The summed E-state index contributed by atoms with van der Waals surface area (Å²) in [5.41, 5.74) is 20.0. The first kappa shape index (κ1) is 12.6. The minimum Gasteiger partial charge on any atom is -0.384 e. The fourth-order valence-electron chi connectivity index (χ4n) is 1.27. The molecular weight excluding hydrogens is 244 g/mol. The molecule has 1 aromatic heterocycles. The van der Waals surface area contributed by atoms with Gasteiger partial charge in [-0.25, -0.2) is 15.0 Å². The predicted molar refractivity (Wildman–Crippen MR) is 74.1 cm³/mol. The summed E-state index contributed by atoms with van der Waals surface area (Å²) < 4.78 is 0. The van der Waals surface area contributed by atoms with E-state index in [1.165, 1.54) is 6.33 Å². The lowest BCUT2D eigenvalue weighted by atomic mass is 10.3. The summed E-state index contributed by atoms with van der Waals surface area (Å²) in [5, 5.41) is 0. The summed E-state index contributed by atoms with van der Waals surface area (Å²) in [6.07, 6.45) is 1.35. The van der Waals surface area contributed by atoms with Crippen molar-refractivity contribution in [2.45, 2.75) is 0 Å². The fraction of sp³-hybridized carbons (Fsp3) is 0. The molecule has 2 rings (SSSR count). The molecule has 8 heteroatoms. The summed E-state index contributed by atoms with van der Waals surface area (Å²) in [6.45, 7) is 0. The van der Waals surface area contributed by atoms with E-state index in [9.17, 15) is 0 Å². The Bertz CT molecular complexity index is 554. The zero-order valence-corrected chi connectivity index (χ0v) is 10.0. The number of nitrogen functional groups attached to an aromatic ring is 1. The van der Waals surface area contributed by atoms with Crippen LogP contribution in [0.1, 0.15) is 0 Å². The SMILES string of the molecule is NC(=Nc1ccccc1)NNNc1cc(N)ncn1. The zero-order chi connectivity index (χ0) is 13.5. The van der Waals surface area contributed by atoms with Crippen molar-refractivity contribution in [2.24, 2.45) is 10.7 Å². The van der Waals surface area contributed by atoms with E-state index in [2.05, 4.69) is 31.3 Å². The minimum atomic E-state index is 0.209. The first-order valence-electron chi connectivity index (χ1n) is 5.48. The molecule has 0 spiro atoms. The Kier molecular flexibility index (Phi) is 4.09. The van der Waals surface area contributed by atoms with Gasteiger partial charge in [0, 0.05) is 6.07 Å². The number of nitrogens with one attached hydrogen (secondary N) is 3. The quantitative estimate of drug-likeness (QED) is 0.299. The highest BCUT2D eigenvalue weighted by molar-refractivity contribution is 5.80. The van der Waals surface area contributed by atoms with Gasteiger partial charge in [-0.05, 0) is 12.1 Å². The van der Waals surface area contributed by atoms with E-state index in [0.29, 0.717) is 11.6 Å². The number of anilines is 2. The van der Waals surface area contributed by atoms with Crippen LogP contribution in [-0.2, 0) is 0 Å². The van der Waals surface area contributed by atoms with Crippen LogP contribution in [0.3, 0.4) is 0 Å². The second-order valence-electron chi connectivity index (χ2n) is 3.54. The van der Waals surface area contributed by atoms with Crippen LogP contribution in [0.15, 0.2) is 47.7 Å². The largest absolute Gasteiger partial charge is 0.384 e. The van der Waals surface area contributed by atoms with Crippen LogP contribution in [-0.4, -0.2) is 15.9 Å².